The first-order valence-corrected chi connectivity index (χ1v) is 9.80. The van der Waals surface area contributed by atoms with E-state index in [1.165, 1.54) is 75.1 Å². The van der Waals surface area contributed by atoms with Gasteiger partial charge in [0.1, 0.15) is 0 Å². The molecule has 0 amide bonds. The van der Waals surface area contributed by atoms with Crippen molar-refractivity contribution >= 4 is 22.6 Å². The second kappa shape index (κ2) is 18.2. The van der Waals surface area contributed by atoms with Gasteiger partial charge < -0.3 is 0 Å². The van der Waals surface area contributed by atoms with Gasteiger partial charge >= 0.3 is 0 Å². The van der Waals surface area contributed by atoms with Crippen molar-refractivity contribution in [1.29, 1.82) is 0 Å². The fraction of sp³-hybridized carbons (Fsp3) is 0.778. The maximum absolute atomic E-state index is 2.47. The Balaban J connectivity index is 3.12. The minimum absolute atomic E-state index is 1.13. The Hall–Kier alpha value is 0.210. The lowest BCUT2D eigenvalue weighted by molar-refractivity contribution is 0.614. The van der Waals surface area contributed by atoms with E-state index in [4.69, 9.17) is 0 Å². The van der Waals surface area contributed by atoms with E-state index in [1.54, 1.807) is 0 Å². The van der Waals surface area contributed by atoms with Gasteiger partial charge in [0, 0.05) is 0 Å². The summed E-state index contributed by atoms with van der Waals surface area (Å²) in [5.41, 5.74) is 0. The number of hydrogen-bond acceptors (Lipinski definition) is 0. The van der Waals surface area contributed by atoms with E-state index in [2.05, 4.69) is 53.8 Å². The second-order valence-corrected chi connectivity index (χ2v) is 6.35. The van der Waals surface area contributed by atoms with Crippen LogP contribution in [-0.2, 0) is 0 Å². The molecular formula is C18H33I. The SMILES string of the molecule is CCCCCC=CCC=CCCCCCCCCI. The zero-order valence-electron chi connectivity index (χ0n) is 12.9. The van der Waals surface area contributed by atoms with Crippen molar-refractivity contribution in [2.45, 2.75) is 84.0 Å². The molecule has 0 spiro atoms. The van der Waals surface area contributed by atoms with Crippen LogP contribution in [0.3, 0.4) is 0 Å². The Morgan fingerprint density at radius 3 is 1.74 bits per heavy atom. The van der Waals surface area contributed by atoms with Crippen molar-refractivity contribution < 1.29 is 0 Å². The summed E-state index contributed by atoms with van der Waals surface area (Å²) in [5, 5.41) is 0. The standard InChI is InChI=1S/C18H33I/c1-2-3-4-5-6-7-8-9-10-11-12-13-14-15-16-17-18-19/h6-7,9-10H,2-5,8,11-18H2,1H3. The van der Waals surface area contributed by atoms with E-state index in [9.17, 15) is 0 Å². The van der Waals surface area contributed by atoms with Crippen molar-refractivity contribution in [2.24, 2.45) is 0 Å². The molecule has 0 unspecified atom stereocenters. The molecule has 0 saturated heterocycles. The van der Waals surface area contributed by atoms with Gasteiger partial charge in [-0.25, -0.2) is 0 Å². The molecule has 1 heteroatoms. The topological polar surface area (TPSA) is 0 Å². The van der Waals surface area contributed by atoms with Gasteiger partial charge in [0.25, 0.3) is 0 Å². The van der Waals surface area contributed by atoms with E-state index in [0.717, 1.165) is 6.42 Å². The third-order valence-electron chi connectivity index (χ3n) is 3.33. The Morgan fingerprint density at radius 1 is 0.632 bits per heavy atom. The summed E-state index contributed by atoms with van der Waals surface area (Å²) >= 11 is 2.47. The van der Waals surface area contributed by atoms with E-state index >= 15 is 0 Å². The molecular weight excluding hydrogens is 343 g/mol. The van der Waals surface area contributed by atoms with Crippen LogP contribution in [0, 0.1) is 0 Å². The summed E-state index contributed by atoms with van der Waals surface area (Å²) in [4.78, 5) is 0. The van der Waals surface area contributed by atoms with Crippen molar-refractivity contribution in [3.63, 3.8) is 0 Å². The van der Waals surface area contributed by atoms with Crippen molar-refractivity contribution in [2.75, 3.05) is 4.43 Å². The highest BCUT2D eigenvalue weighted by Crippen LogP contribution is 2.08. The quantitative estimate of drug-likeness (QED) is 0.130. The maximum Gasteiger partial charge on any atom is -0.000473 e. The van der Waals surface area contributed by atoms with Gasteiger partial charge in [0.15, 0.2) is 0 Å². The molecule has 0 heterocycles. The summed E-state index contributed by atoms with van der Waals surface area (Å²) in [6, 6.07) is 0. The zero-order chi connectivity index (χ0) is 14.0. The fourth-order valence-corrected chi connectivity index (χ4v) is 2.62. The minimum Gasteiger partial charge on any atom is -0.0882 e. The van der Waals surface area contributed by atoms with Gasteiger partial charge in [-0.3, -0.25) is 0 Å². The van der Waals surface area contributed by atoms with Crippen molar-refractivity contribution in [1.82, 2.24) is 0 Å². The third-order valence-corrected chi connectivity index (χ3v) is 4.10. The molecule has 0 aromatic rings. The molecule has 19 heavy (non-hydrogen) atoms. The summed E-state index contributed by atoms with van der Waals surface area (Å²) in [6.45, 7) is 2.26. The lowest BCUT2D eigenvalue weighted by Gasteiger charge is -1.98. The van der Waals surface area contributed by atoms with Crippen LogP contribution in [0.25, 0.3) is 0 Å². The Bertz CT molecular complexity index is 206. The Kier molecular flexibility index (Phi) is 18.4. The van der Waals surface area contributed by atoms with Crippen LogP contribution in [-0.4, -0.2) is 4.43 Å². The van der Waals surface area contributed by atoms with Gasteiger partial charge in [-0.1, -0.05) is 92.3 Å². The molecule has 0 N–H and O–H groups in total. The van der Waals surface area contributed by atoms with Crippen LogP contribution in [0.15, 0.2) is 24.3 Å². The number of unbranched alkanes of at least 4 members (excludes halogenated alkanes) is 9. The first kappa shape index (κ1) is 19.2. The van der Waals surface area contributed by atoms with Gasteiger partial charge in [0.05, 0.1) is 0 Å². The highest BCUT2D eigenvalue weighted by atomic mass is 127. The monoisotopic (exact) mass is 376 g/mol. The molecule has 0 aliphatic heterocycles. The van der Waals surface area contributed by atoms with E-state index in [-0.39, 0.29) is 0 Å². The smallest absolute Gasteiger partial charge is 0.000473 e. The van der Waals surface area contributed by atoms with Gasteiger partial charge in [-0.15, -0.1) is 0 Å². The number of alkyl halides is 1. The fourth-order valence-electron chi connectivity index (χ4n) is 2.08. The van der Waals surface area contributed by atoms with Crippen molar-refractivity contribution in [3.05, 3.63) is 24.3 Å². The molecule has 0 radical (unpaired) electrons. The second-order valence-electron chi connectivity index (χ2n) is 5.27. The largest absolute Gasteiger partial charge is 0.0882 e. The van der Waals surface area contributed by atoms with Crippen LogP contribution < -0.4 is 0 Å². The number of rotatable bonds is 14. The molecule has 0 atom stereocenters. The van der Waals surface area contributed by atoms with E-state index in [0.29, 0.717) is 0 Å². The first-order chi connectivity index (χ1) is 9.41. The number of allylic oxidation sites excluding steroid dienone is 4. The van der Waals surface area contributed by atoms with Crippen LogP contribution >= 0.6 is 22.6 Å². The van der Waals surface area contributed by atoms with Crippen LogP contribution in [0.5, 0.6) is 0 Å². The Morgan fingerprint density at radius 2 is 1.16 bits per heavy atom. The van der Waals surface area contributed by atoms with Gasteiger partial charge in [-0.2, -0.15) is 0 Å². The molecule has 0 nitrogen and oxygen atoms in total. The van der Waals surface area contributed by atoms with Gasteiger partial charge in [0.2, 0.25) is 0 Å². The number of hydrogen-bond donors (Lipinski definition) is 0. The normalized spacial score (nSPS) is 11.9. The molecule has 0 bridgehead atoms. The molecule has 0 saturated carbocycles. The highest BCUT2D eigenvalue weighted by molar-refractivity contribution is 14.1. The molecule has 0 aliphatic rings. The van der Waals surface area contributed by atoms with Gasteiger partial charge in [-0.05, 0) is 43.0 Å². The van der Waals surface area contributed by atoms with Crippen LogP contribution in [0.1, 0.15) is 84.0 Å². The molecule has 0 rings (SSSR count). The molecule has 0 aliphatic carbocycles. The summed E-state index contributed by atoms with van der Waals surface area (Å²) in [7, 11) is 0. The summed E-state index contributed by atoms with van der Waals surface area (Å²) in [6.07, 6.45) is 25.6. The average Bonchev–Trinajstić information content (AvgIpc) is 2.43. The summed E-state index contributed by atoms with van der Waals surface area (Å²) in [5.74, 6) is 0. The molecule has 0 aromatic heterocycles. The molecule has 0 aromatic carbocycles. The maximum atomic E-state index is 2.47. The lowest BCUT2D eigenvalue weighted by atomic mass is 10.1. The first-order valence-electron chi connectivity index (χ1n) is 8.27. The minimum atomic E-state index is 1.13. The van der Waals surface area contributed by atoms with E-state index in [1.807, 2.05) is 0 Å². The predicted molar refractivity (Wildman–Crippen MR) is 98.2 cm³/mol. The lowest BCUT2D eigenvalue weighted by Crippen LogP contribution is -1.80. The number of halogens is 1. The predicted octanol–water partition coefficient (Wildman–Crippen LogP) is 7.23. The third kappa shape index (κ3) is 18.2. The van der Waals surface area contributed by atoms with E-state index < -0.39 is 0 Å². The summed E-state index contributed by atoms with van der Waals surface area (Å²) < 4.78 is 1.33. The van der Waals surface area contributed by atoms with Crippen molar-refractivity contribution in [3.8, 4) is 0 Å². The van der Waals surface area contributed by atoms with Crippen LogP contribution in [0.4, 0.5) is 0 Å². The highest BCUT2D eigenvalue weighted by Gasteiger charge is 1.89. The average molecular weight is 376 g/mol. The zero-order valence-corrected chi connectivity index (χ0v) is 15.0. The molecule has 112 valence electrons. The molecule has 0 fully saturated rings. The van der Waals surface area contributed by atoms with Crippen LogP contribution in [0.2, 0.25) is 0 Å². The Labute approximate surface area is 135 Å².